The van der Waals surface area contributed by atoms with E-state index in [4.69, 9.17) is 9.84 Å². The molecule has 1 amide bonds. The van der Waals surface area contributed by atoms with Crippen LogP contribution in [0, 0.1) is 17.7 Å². The zero-order chi connectivity index (χ0) is 15.2. The van der Waals surface area contributed by atoms with Crippen LogP contribution in [0.25, 0.3) is 0 Å². The minimum atomic E-state index is -0.549. The van der Waals surface area contributed by atoms with Crippen molar-refractivity contribution in [2.45, 2.75) is 19.4 Å². The minimum Gasteiger partial charge on any atom is -0.395 e. The summed E-state index contributed by atoms with van der Waals surface area (Å²) in [6, 6.07) is 4.24. The Morgan fingerprint density at radius 3 is 3.10 bits per heavy atom. The predicted molar refractivity (Wildman–Crippen MR) is 76.3 cm³/mol. The van der Waals surface area contributed by atoms with Gasteiger partial charge in [0.05, 0.1) is 24.9 Å². The first-order valence-corrected chi connectivity index (χ1v) is 6.92. The Kier molecular flexibility index (Phi) is 5.32. The minimum absolute atomic E-state index is 0.0222. The van der Waals surface area contributed by atoms with Gasteiger partial charge in [-0.25, -0.2) is 4.39 Å². The fraction of sp³-hybridized carbons (Fsp3) is 0.438. The topological polar surface area (TPSA) is 49.8 Å². The third-order valence-electron chi connectivity index (χ3n) is 3.19. The number of halogens is 1. The highest BCUT2D eigenvalue weighted by molar-refractivity contribution is 5.95. The number of ether oxygens (including phenoxy) is 1. The summed E-state index contributed by atoms with van der Waals surface area (Å²) in [5.74, 6) is 4.68. The molecule has 1 N–H and O–H groups in total. The summed E-state index contributed by atoms with van der Waals surface area (Å²) in [4.78, 5) is 14.0. The number of nitrogens with zero attached hydrogens (tertiary/aromatic N) is 1. The van der Waals surface area contributed by atoms with E-state index in [0.717, 1.165) is 0 Å². The molecule has 4 nitrogen and oxygen atoms in total. The fourth-order valence-corrected chi connectivity index (χ4v) is 2.16. The summed E-state index contributed by atoms with van der Waals surface area (Å²) in [5.41, 5.74) is 0.592. The van der Waals surface area contributed by atoms with Crippen molar-refractivity contribution in [2.75, 3.05) is 26.3 Å². The molecule has 0 bridgehead atoms. The molecule has 0 aromatic heterocycles. The summed E-state index contributed by atoms with van der Waals surface area (Å²) in [7, 11) is 0. The van der Waals surface area contributed by atoms with E-state index in [-0.39, 0.29) is 24.2 Å². The molecule has 0 saturated carbocycles. The molecule has 5 heteroatoms. The quantitative estimate of drug-likeness (QED) is 0.838. The third-order valence-corrected chi connectivity index (χ3v) is 3.19. The number of aliphatic hydroxyl groups excluding tert-OH is 1. The Labute approximate surface area is 123 Å². The highest BCUT2D eigenvalue weighted by Crippen LogP contribution is 2.15. The summed E-state index contributed by atoms with van der Waals surface area (Å²) >= 11 is 0. The first-order chi connectivity index (χ1) is 10.1. The van der Waals surface area contributed by atoms with Crippen LogP contribution in [0.15, 0.2) is 18.2 Å². The van der Waals surface area contributed by atoms with Crippen molar-refractivity contribution in [1.29, 1.82) is 0 Å². The lowest BCUT2D eigenvalue weighted by Crippen LogP contribution is -2.44. The van der Waals surface area contributed by atoms with Crippen LogP contribution in [0.4, 0.5) is 4.39 Å². The van der Waals surface area contributed by atoms with Gasteiger partial charge in [-0.1, -0.05) is 11.8 Å². The van der Waals surface area contributed by atoms with Crippen molar-refractivity contribution in [1.82, 2.24) is 4.90 Å². The molecule has 1 heterocycles. The smallest absolute Gasteiger partial charge is 0.257 e. The average Bonchev–Trinajstić information content (AvgIpc) is 2.48. The van der Waals surface area contributed by atoms with Gasteiger partial charge in [-0.05, 0) is 25.1 Å². The number of carbonyl (C=O) groups is 1. The Morgan fingerprint density at radius 2 is 2.38 bits per heavy atom. The number of hydrogen-bond donors (Lipinski definition) is 1. The number of morpholine rings is 1. The number of rotatable bonds is 2. The maximum Gasteiger partial charge on any atom is 0.257 e. The Hall–Kier alpha value is -1.90. The first-order valence-electron chi connectivity index (χ1n) is 6.92. The van der Waals surface area contributed by atoms with Gasteiger partial charge in [-0.2, -0.15) is 0 Å². The number of aliphatic hydroxyl groups is 1. The molecular formula is C16H18FNO3. The molecule has 1 aromatic carbocycles. The molecule has 1 saturated heterocycles. The van der Waals surface area contributed by atoms with Gasteiger partial charge in [0.1, 0.15) is 5.82 Å². The molecule has 21 heavy (non-hydrogen) atoms. The molecule has 0 spiro atoms. The normalized spacial score (nSPS) is 18.0. The maximum atomic E-state index is 13.9. The molecule has 2 rings (SSSR count). The second-order valence-electron chi connectivity index (χ2n) is 4.90. The van der Waals surface area contributed by atoms with Crippen LogP contribution in [0.3, 0.4) is 0 Å². The van der Waals surface area contributed by atoms with E-state index in [1.807, 2.05) is 6.92 Å². The van der Waals surface area contributed by atoms with Crippen LogP contribution in [0.2, 0.25) is 0 Å². The second-order valence-corrected chi connectivity index (χ2v) is 4.90. The number of amides is 1. The van der Waals surface area contributed by atoms with Crippen molar-refractivity contribution >= 4 is 5.91 Å². The van der Waals surface area contributed by atoms with Crippen molar-refractivity contribution in [2.24, 2.45) is 0 Å². The largest absolute Gasteiger partial charge is 0.395 e. The van der Waals surface area contributed by atoms with Gasteiger partial charge >= 0.3 is 0 Å². The molecule has 1 aliphatic heterocycles. The van der Waals surface area contributed by atoms with Gasteiger partial charge in [0.15, 0.2) is 0 Å². The van der Waals surface area contributed by atoms with Gasteiger partial charge in [-0.3, -0.25) is 4.79 Å². The average molecular weight is 291 g/mol. The van der Waals surface area contributed by atoms with E-state index in [9.17, 15) is 9.18 Å². The highest BCUT2D eigenvalue weighted by Gasteiger charge is 2.24. The summed E-state index contributed by atoms with van der Waals surface area (Å²) in [5, 5.41) is 8.69. The van der Waals surface area contributed by atoms with E-state index in [1.165, 1.54) is 18.2 Å². The van der Waals surface area contributed by atoms with E-state index in [1.54, 1.807) is 4.90 Å². The maximum absolute atomic E-state index is 13.9. The van der Waals surface area contributed by atoms with E-state index in [0.29, 0.717) is 31.7 Å². The zero-order valence-electron chi connectivity index (χ0n) is 11.9. The Morgan fingerprint density at radius 1 is 1.57 bits per heavy atom. The molecule has 112 valence electrons. The molecule has 1 atom stereocenters. The van der Waals surface area contributed by atoms with Crippen LogP contribution >= 0.6 is 0 Å². The lowest BCUT2D eigenvalue weighted by atomic mass is 10.1. The molecule has 1 aliphatic rings. The first kappa shape index (κ1) is 15.5. The number of hydrogen-bond acceptors (Lipinski definition) is 3. The summed E-state index contributed by atoms with van der Waals surface area (Å²) in [6.45, 7) is 3.24. The van der Waals surface area contributed by atoms with Crippen LogP contribution in [-0.4, -0.2) is 48.3 Å². The second kappa shape index (κ2) is 7.21. The highest BCUT2D eigenvalue weighted by atomic mass is 19.1. The van der Waals surface area contributed by atoms with Crippen molar-refractivity contribution in [3.8, 4) is 11.8 Å². The van der Waals surface area contributed by atoms with Gasteiger partial charge < -0.3 is 14.7 Å². The van der Waals surface area contributed by atoms with Gasteiger partial charge in [-0.15, -0.1) is 0 Å². The standard InChI is InChI=1S/C16H18FNO3/c1-12-11-18(7-9-21-12)16(20)14-10-13(4-2-3-8-19)5-6-15(14)17/h5-6,10,12,19H,3,7-9,11H2,1H3. The van der Waals surface area contributed by atoms with Crippen molar-refractivity contribution in [3.63, 3.8) is 0 Å². The Balaban J connectivity index is 2.20. The van der Waals surface area contributed by atoms with Crippen molar-refractivity contribution < 1.29 is 19.0 Å². The fourth-order valence-electron chi connectivity index (χ4n) is 2.16. The number of benzene rings is 1. The van der Waals surface area contributed by atoms with Gasteiger partial charge in [0.25, 0.3) is 5.91 Å². The third kappa shape index (κ3) is 4.03. The molecular weight excluding hydrogens is 273 g/mol. The molecule has 1 unspecified atom stereocenters. The lowest BCUT2D eigenvalue weighted by Gasteiger charge is -2.31. The molecule has 1 fully saturated rings. The summed E-state index contributed by atoms with van der Waals surface area (Å²) < 4.78 is 19.3. The molecule has 0 radical (unpaired) electrons. The molecule has 0 aliphatic carbocycles. The summed E-state index contributed by atoms with van der Waals surface area (Å²) in [6.07, 6.45) is 0.306. The predicted octanol–water partition coefficient (Wildman–Crippen LogP) is 1.42. The van der Waals surface area contributed by atoms with Crippen LogP contribution in [-0.2, 0) is 4.74 Å². The SMILES string of the molecule is CC1CN(C(=O)c2cc(C#CCCO)ccc2F)CCO1. The van der Waals surface area contributed by atoms with Crippen LogP contribution in [0.5, 0.6) is 0 Å². The van der Waals surface area contributed by atoms with E-state index in [2.05, 4.69) is 11.8 Å². The van der Waals surface area contributed by atoms with E-state index < -0.39 is 5.82 Å². The zero-order valence-corrected chi connectivity index (χ0v) is 11.9. The van der Waals surface area contributed by atoms with E-state index >= 15 is 0 Å². The van der Waals surface area contributed by atoms with Crippen molar-refractivity contribution in [3.05, 3.63) is 35.1 Å². The Bertz CT molecular complexity index is 577. The monoisotopic (exact) mass is 291 g/mol. The van der Waals surface area contributed by atoms with Crippen LogP contribution in [0.1, 0.15) is 29.3 Å². The van der Waals surface area contributed by atoms with Crippen LogP contribution < -0.4 is 0 Å². The van der Waals surface area contributed by atoms with Gasteiger partial charge in [0.2, 0.25) is 0 Å². The van der Waals surface area contributed by atoms with Gasteiger partial charge in [0, 0.05) is 25.1 Å². The number of carbonyl (C=O) groups excluding carboxylic acids is 1. The molecule has 1 aromatic rings. The lowest BCUT2D eigenvalue weighted by molar-refractivity contribution is -0.0125.